The van der Waals surface area contributed by atoms with E-state index in [0.29, 0.717) is 6.42 Å². The van der Waals surface area contributed by atoms with Crippen LogP contribution >= 0.6 is 0 Å². The lowest BCUT2D eigenvalue weighted by Gasteiger charge is -2.15. The lowest BCUT2D eigenvalue weighted by molar-refractivity contribution is 0.0979. The van der Waals surface area contributed by atoms with E-state index in [0.717, 1.165) is 24.0 Å². The van der Waals surface area contributed by atoms with E-state index in [1.165, 1.54) is 0 Å². The maximum Gasteiger partial charge on any atom is 0.162 e. The Morgan fingerprint density at radius 1 is 1.29 bits per heavy atom. The highest BCUT2D eigenvalue weighted by molar-refractivity contribution is 5.96. The summed E-state index contributed by atoms with van der Waals surface area (Å²) in [4.78, 5) is 11.8. The second-order valence-electron chi connectivity index (χ2n) is 4.84. The minimum atomic E-state index is -0.495. The molecule has 0 saturated carbocycles. The molecule has 0 spiro atoms. The van der Waals surface area contributed by atoms with Crippen molar-refractivity contribution in [3.63, 3.8) is 0 Å². The first kappa shape index (κ1) is 13.4. The van der Waals surface area contributed by atoms with E-state index in [9.17, 15) is 4.79 Å². The van der Waals surface area contributed by atoms with Crippen molar-refractivity contribution in [2.75, 3.05) is 0 Å². The fraction of sp³-hybridized carbons (Fsp3) is 0.467. The number of benzene rings is 1. The quantitative estimate of drug-likeness (QED) is 0.719. The molecule has 90 valence electrons. The number of hydrogen-bond acceptors (Lipinski definition) is 2. The second-order valence-corrected chi connectivity index (χ2v) is 4.84. The standard InChI is InChI=1S/C15H19NO/c1-4-5-6-14(17)12-7-9-13(10-8-12)15(2,3)11-16/h7-10H,4-6H2,1-3H3. The van der Waals surface area contributed by atoms with E-state index in [1.54, 1.807) is 0 Å². The van der Waals surface area contributed by atoms with Crippen molar-refractivity contribution in [1.82, 2.24) is 0 Å². The van der Waals surface area contributed by atoms with Crippen molar-refractivity contribution in [3.05, 3.63) is 35.4 Å². The van der Waals surface area contributed by atoms with Gasteiger partial charge in [0, 0.05) is 12.0 Å². The van der Waals surface area contributed by atoms with Gasteiger partial charge in [-0.05, 0) is 25.8 Å². The molecule has 0 aliphatic heterocycles. The first-order valence-electron chi connectivity index (χ1n) is 6.06. The van der Waals surface area contributed by atoms with Gasteiger partial charge >= 0.3 is 0 Å². The molecule has 0 aliphatic rings. The number of unbranched alkanes of at least 4 members (excludes halogenated alkanes) is 1. The molecule has 0 N–H and O–H groups in total. The third kappa shape index (κ3) is 3.42. The lowest BCUT2D eigenvalue weighted by atomic mass is 9.85. The van der Waals surface area contributed by atoms with Crippen molar-refractivity contribution in [2.45, 2.75) is 45.4 Å². The molecular formula is C15H19NO. The first-order chi connectivity index (χ1) is 8.01. The van der Waals surface area contributed by atoms with Crippen molar-refractivity contribution in [3.8, 4) is 6.07 Å². The second kappa shape index (κ2) is 5.63. The molecule has 1 aromatic carbocycles. The van der Waals surface area contributed by atoms with Gasteiger partial charge in [0.25, 0.3) is 0 Å². The van der Waals surface area contributed by atoms with Crippen LogP contribution in [0.5, 0.6) is 0 Å². The van der Waals surface area contributed by atoms with Crippen LogP contribution in [0.3, 0.4) is 0 Å². The van der Waals surface area contributed by atoms with Gasteiger partial charge in [0.05, 0.1) is 11.5 Å². The fourth-order valence-corrected chi connectivity index (χ4v) is 1.62. The molecule has 0 fully saturated rings. The normalized spacial score (nSPS) is 10.9. The van der Waals surface area contributed by atoms with Crippen molar-refractivity contribution in [2.24, 2.45) is 0 Å². The minimum Gasteiger partial charge on any atom is -0.294 e. The molecular weight excluding hydrogens is 210 g/mol. The van der Waals surface area contributed by atoms with Crippen LogP contribution in [-0.4, -0.2) is 5.78 Å². The molecule has 2 nitrogen and oxygen atoms in total. The Kier molecular flexibility index (Phi) is 4.45. The molecule has 0 bridgehead atoms. The number of ketones is 1. The Morgan fingerprint density at radius 2 is 1.88 bits per heavy atom. The largest absolute Gasteiger partial charge is 0.294 e. The Hall–Kier alpha value is -1.62. The minimum absolute atomic E-state index is 0.188. The van der Waals surface area contributed by atoms with Crippen LogP contribution in [-0.2, 0) is 5.41 Å². The molecule has 1 rings (SSSR count). The molecule has 0 amide bonds. The molecule has 0 atom stereocenters. The Balaban J connectivity index is 2.82. The maximum absolute atomic E-state index is 11.8. The van der Waals surface area contributed by atoms with Crippen LogP contribution in [0.4, 0.5) is 0 Å². The van der Waals surface area contributed by atoms with Crippen molar-refractivity contribution >= 4 is 5.78 Å². The highest BCUT2D eigenvalue weighted by Crippen LogP contribution is 2.22. The van der Waals surface area contributed by atoms with Gasteiger partial charge in [-0.1, -0.05) is 37.6 Å². The number of nitriles is 1. The summed E-state index contributed by atoms with van der Waals surface area (Å²) < 4.78 is 0. The third-order valence-electron chi connectivity index (χ3n) is 2.97. The smallest absolute Gasteiger partial charge is 0.162 e. The monoisotopic (exact) mass is 229 g/mol. The molecule has 0 unspecified atom stereocenters. The van der Waals surface area contributed by atoms with Crippen molar-refractivity contribution in [1.29, 1.82) is 5.26 Å². The predicted octanol–water partition coefficient (Wildman–Crippen LogP) is 3.86. The number of nitrogens with zero attached hydrogens (tertiary/aromatic N) is 1. The fourth-order valence-electron chi connectivity index (χ4n) is 1.62. The summed E-state index contributed by atoms with van der Waals surface area (Å²) >= 11 is 0. The van der Waals surface area contributed by atoms with Gasteiger partial charge in [-0.25, -0.2) is 0 Å². The highest BCUT2D eigenvalue weighted by Gasteiger charge is 2.19. The van der Waals surface area contributed by atoms with Gasteiger partial charge in [0.1, 0.15) is 0 Å². The summed E-state index contributed by atoms with van der Waals surface area (Å²) in [6.07, 6.45) is 2.58. The summed E-state index contributed by atoms with van der Waals surface area (Å²) in [6, 6.07) is 9.66. The van der Waals surface area contributed by atoms with Crippen LogP contribution in [0.2, 0.25) is 0 Å². The lowest BCUT2D eigenvalue weighted by Crippen LogP contribution is -2.13. The van der Waals surface area contributed by atoms with Gasteiger partial charge in [0.15, 0.2) is 5.78 Å². The zero-order valence-electron chi connectivity index (χ0n) is 10.8. The van der Waals surface area contributed by atoms with Crippen LogP contribution in [0, 0.1) is 11.3 Å². The molecule has 0 saturated heterocycles. The van der Waals surface area contributed by atoms with Crippen LogP contribution in [0.15, 0.2) is 24.3 Å². The zero-order chi connectivity index (χ0) is 12.9. The van der Waals surface area contributed by atoms with Gasteiger partial charge in [-0.15, -0.1) is 0 Å². The van der Waals surface area contributed by atoms with E-state index < -0.39 is 5.41 Å². The summed E-state index contributed by atoms with van der Waals surface area (Å²) in [6.45, 7) is 5.83. The van der Waals surface area contributed by atoms with E-state index in [2.05, 4.69) is 13.0 Å². The van der Waals surface area contributed by atoms with Crippen LogP contribution in [0.1, 0.15) is 56.0 Å². The van der Waals surface area contributed by atoms with Gasteiger partial charge < -0.3 is 0 Å². The molecule has 0 heterocycles. The molecule has 2 heteroatoms. The SMILES string of the molecule is CCCCC(=O)c1ccc(C(C)(C)C#N)cc1. The highest BCUT2D eigenvalue weighted by atomic mass is 16.1. The Labute approximate surface area is 103 Å². The van der Waals surface area contributed by atoms with Gasteiger partial charge in [-0.3, -0.25) is 4.79 Å². The van der Waals surface area contributed by atoms with Crippen molar-refractivity contribution < 1.29 is 4.79 Å². The molecule has 0 aliphatic carbocycles. The topological polar surface area (TPSA) is 40.9 Å². The number of carbonyl (C=O) groups is 1. The van der Waals surface area contributed by atoms with Gasteiger partial charge in [0.2, 0.25) is 0 Å². The van der Waals surface area contributed by atoms with E-state index >= 15 is 0 Å². The zero-order valence-corrected chi connectivity index (χ0v) is 10.8. The van der Waals surface area contributed by atoms with Crippen LogP contribution < -0.4 is 0 Å². The predicted molar refractivity (Wildman–Crippen MR) is 68.9 cm³/mol. The Bertz CT molecular complexity index is 423. The molecule has 0 aromatic heterocycles. The van der Waals surface area contributed by atoms with Gasteiger partial charge in [-0.2, -0.15) is 5.26 Å². The maximum atomic E-state index is 11.8. The van der Waals surface area contributed by atoms with E-state index in [1.807, 2.05) is 38.1 Å². The first-order valence-corrected chi connectivity index (χ1v) is 6.06. The summed E-state index contributed by atoms with van der Waals surface area (Å²) in [5.74, 6) is 0.188. The molecule has 0 radical (unpaired) electrons. The number of carbonyl (C=O) groups excluding carboxylic acids is 1. The summed E-state index contributed by atoms with van der Waals surface area (Å²) in [5, 5.41) is 9.03. The number of rotatable bonds is 5. The van der Waals surface area contributed by atoms with E-state index in [-0.39, 0.29) is 5.78 Å². The summed E-state index contributed by atoms with van der Waals surface area (Å²) in [5.41, 5.74) is 1.20. The Morgan fingerprint density at radius 3 is 2.35 bits per heavy atom. The summed E-state index contributed by atoms with van der Waals surface area (Å²) in [7, 11) is 0. The third-order valence-corrected chi connectivity index (χ3v) is 2.97. The van der Waals surface area contributed by atoms with Crippen LogP contribution in [0.25, 0.3) is 0 Å². The number of hydrogen-bond donors (Lipinski definition) is 0. The molecule has 17 heavy (non-hydrogen) atoms. The van der Waals surface area contributed by atoms with E-state index in [4.69, 9.17) is 5.26 Å². The average molecular weight is 229 g/mol. The molecule has 1 aromatic rings. The average Bonchev–Trinajstić information content (AvgIpc) is 2.36. The number of Topliss-reactive ketones (excluding diaryl/α,β-unsaturated/α-hetero) is 1.